The highest BCUT2D eigenvalue weighted by Gasteiger charge is 2.23. The van der Waals surface area contributed by atoms with Crippen LogP contribution in [0.2, 0.25) is 5.02 Å². The molecule has 2 heterocycles. The Morgan fingerprint density at radius 2 is 1.77 bits per heavy atom. The predicted octanol–water partition coefficient (Wildman–Crippen LogP) is 4.30. The first-order chi connectivity index (χ1) is 14.3. The van der Waals surface area contributed by atoms with Gasteiger partial charge in [-0.2, -0.15) is 9.50 Å². The molecular weight excluding hydrogens is 470 g/mol. The molecule has 0 saturated heterocycles. The van der Waals surface area contributed by atoms with Crippen molar-refractivity contribution in [2.45, 2.75) is 20.4 Å². The largest absolute Gasteiger partial charge is 0.277 e. The Labute approximate surface area is 185 Å². The van der Waals surface area contributed by atoms with Gasteiger partial charge < -0.3 is 0 Å². The molecule has 4 rings (SSSR count). The number of halogens is 2. The lowest BCUT2D eigenvalue weighted by Gasteiger charge is -2.20. The number of rotatable bonds is 4. The molecule has 0 fully saturated rings. The summed E-state index contributed by atoms with van der Waals surface area (Å²) in [5.41, 5.74) is 2.21. The number of anilines is 1. The van der Waals surface area contributed by atoms with Crippen molar-refractivity contribution < 1.29 is 4.79 Å². The molecule has 2 aromatic carbocycles. The van der Waals surface area contributed by atoms with Gasteiger partial charge in [0.25, 0.3) is 17.2 Å². The summed E-state index contributed by atoms with van der Waals surface area (Å²) in [5.74, 6) is 0.158. The number of carbonyl (C=O) groups is 1. The molecular formula is C21H17BrClN5O2. The molecule has 1 amide bonds. The van der Waals surface area contributed by atoms with Crippen LogP contribution in [0.5, 0.6) is 0 Å². The van der Waals surface area contributed by atoms with Crippen molar-refractivity contribution in [3.05, 3.63) is 90.8 Å². The average Bonchev–Trinajstić information content (AvgIpc) is 3.15. The van der Waals surface area contributed by atoms with Gasteiger partial charge in [0.2, 0.25) is 5.95 Å². The minimum atomic E-state index is -0.282. The third kappa shape index (κ3) is 3.88. The van der Waals surface area contributed by atoms with Crippen LogP contribution < -0.4 is 10.5 Å². The van der Waals surface area contributed by atoms with Gasteiger partial charge in [-0.15, -0.1) is 0 Å². The second kappa shape index (κ2) is 8.04. The van der Waals surface area contributed by atoms with E-state index in [1.54, 1.807) is 38.1 Å². The Bertz CT molecular complexity index is 1300. The quantitative estimate of drug-likeness (QED) is 0.466. The van der Waals surface area contributed by atoms with Crippen LogP contribution in [0.4, 0.5) is 5.95 Å². The molecule has 4 aromatic rings. The first kappa shape index (κ1) is 20.3. The minimum absolute atomic E-state index is 0.211. The smallest absolute Gasteiger partial charge is 0.272 e. The number of nitrogens with zero attached hydrogens (tertiary/aromatic N) is 4. The third-order valence-electron chi connectivity index (χ3n) is 4.80. The summed E-state index contributed by atoms with van der Waals surface area (Å²) in [6.07, 6.45) is 0. The summed E-state index contributed by atoms with van der Waals surface area (Å²) in [5, 5.41) is 3.46. The Hall–Kier alpha value is -2.97. The van der Waals surface area contributed by atoms with E-state index in [-0.39, 0.29) is 29.7 Å². The molecule has 9 heteroatoms. The molecule has 2 aromatic heterocycles. The summed E-state index contributed by atoms with van der Waals surface area (Å²) in [4.78, 5) is 36.2. The van der Waals surface area contributed by atoms with Gasteiger partial charge in [0, 0.05) is 26.3 Å². The molecule has 0 radical (unpaired) electrons. The first-order valence-electron chi connectivity index (χ1n) is 9.11. The molecule has 30 heavy (non-hydrogen) atoms. The molecule has 0 spiro atoms. The fourth-order valence-corrected chi connectivity index (χ4v) is 3.37. The van der Waals surface area contributed by atoms with Crippen LogP contribution >= 0.6 is 27.5 Å². The maximum absolute atomic E-state index is 13.3. The van der Waals surface area contributed by atoms with E-state index in [2.05, 4.69) is 31.0 Å². The number of aryl methyl sites for hydroxylation is 1. The highest BCUT2D eigenvalue weighted by Crippen LogP contribution is 2.20. The topological polar surface area (TPSA) is 83.4 Å². The van der Waals surface area contributed by atoms with E-state index in [1.165, 1.54) is 9.42 Å². The van der Waals surface area contributed by atoms with Crippen LogP contribution in [0, 0.1) is 13.8 Å². The molecule has 0 aliphatic heterocycles. The maximum atomic E-state index is 13.3. The first-order valence-corrected chi connectivity index (χ1v) is 10.3. The lowest BCUT2D eigenvalue weighted by atomic mass is 10.1. The van der Waals surface area contributed by atoms with E-state index in [9.17, 15) is 9.59 Å². The normalized spacial score (nSPS) is 11.1. The molecule has 0 atom stereocenters. The number of aromatic amines is 1. The number of aromatic nitrogens is 4. The highest BCUT2D eigenvalue weighted by molar-refractivity contribution is 9.10. The van der Waals surface area contributed by atoms with Crippen LogP contribution in [0.25, 0.3) is 5.78 Å². The second-order valence-corrected chi connectivity index (χ2v) is 8.19. The molecule has 0 aliphatic carbocycles. The SMILES string of the molecule is Cc1nc2nc(N(Cc3ccc(Br)cc3)C(=O)c3ccc(Cl)cc3)[nH]n2c(=O)c1C. The van der Waals surface area contributed by atoms with Crippen LogP contribution in [0.3, 0.4) is 0 Å². The van der Waals surface area contributed by atoms with Crippen molar-refractivity contribution in [1.29, 1.82) is 0 Å². The van der Waals surface area contributed by atoms with Gasteiger partial charge in [0.05, 0.1) is 6.54 Å². The molecule has 0 saturated carbocycles. The van der Waals surface area contributed by atoms with Crippen molar-refractivity contribution in [2.24, 2.45) is 0 Å². The van der Waals surface area contributed by atoms with Gasteiger partial charge >= 0.3 is 0 Å². The number of hydrogen-bond donors (Lipinski definition) is 1. The Morgan fingerprint density at radius 1 is 1.10 bits per heavy atom. The Balaban J connectivity index is 1.82. The van der Waals surface area contributed by atoms with Gasteiger partial charge in [-0.3, -0.25) is 19.6 Å². The van der Waals surface area contributed by atoms with E-state index in [4.69, 9.17) is 11.6 Å². The van der Waals surface area contributed by atoms with Crippen molar-refractivity contribution in [3.63, 3.8) is 0 Å². The van der Waals surface area contributed by atoms with Crippen molar-refractivity contribution in [1.82, 2.24) is 19.6 Å². The van der Waals surface area contributed by atoms with Crippen LogP contribution in [0.15, 0.2) is 57.8 Å². The zero-order valence-corrected chi connectivity index (χ0v) is 18.5. The summed E-state index contributed by atoms with van der Waals surface area (Å²) < 4.78 is 2.19. The summed E-state index contributed by atoms with van der Waals surface area (Å²) in [6, 6.07) is 14.2. The zero-order chi connectivity index (χ0) is 21.4. The van der Waals surface area contributed by atoms with Gasteiger partial charge in [-0.25, -0.2) is 4.98 Å². The standard InChI is InChI=1S/C21H17BrClN5O2/c1-12-13(2)24-20-25-21(26-28(20)18(12)29)27(11-14-3-7-16(22)8-4-14)19(30)15-5-9-17(23)10-6-15/h3-10H,11H2,1-2H3,(H,24,25,26). The third-order valence-corrected chi connectivity index (χ3v) is 5.58. The number of amides is 1. The van der Waals surface area contributed by atoms with Gasteiger partial charge in [-0.05, 0) is 55.8 Å². The van der Waals surface area contributed by atoms with Gasteiger partial charge in [0.1, 0.15) is 0 Å². The highest BCUT2D eigenvalue weighted by atomic mass is 79.9. The number of fused-ring (bicyclic) bond motifs is 1. The van der Waals surface area contributed by atoms with E-state index >= 15 is 0 Å². The molecule has 7 nitrogen and oxygen atoms in total. The summed E-state index contributed by atoms with van der Waals surface area (Å²) in [6.45, 7) is 3.71. The molecule has 0 bridgehead atoms. The number of benzene rings is 2. The maximum Gasteiger partial charge on any atom is 0.277 e. The number of hydrogen-bond acceptors (Lipinski definition) is 4. The van der Waals surface area contributed by atoms with Crippen molar-refractivity contribution in [2.75, 3.05) is 4.90 Å². The fraction of sp³-hybridized carbons (Fsp3) is 0.143. The second-order valence-electron chi connectivity index (χ2n) is 6.83. The summed E-state index contributed by atoms with van der Waals surface area (Å²) in [7, 11) is 0. The Kier molecular flexibility index (Phi) is 5.44. The van der Waals surface area contributed by atoms with Crippen molar-refractivity contribution in [3.8, 4) is 0 Å². The number of carbonyl (C=O) groups excluding carboxylic acids is 1. The predicted molar refractivity (Wildman–Crippen MR) is 119 cm³/mol. The van der Waals surface area contributed by atoms with E-state index in [0.717, 1.165) is 10.0 Å². The van der Waals surface area contributed by atoms with Gasteiger partial charge in [0.15, 0.2) is 0 Å². The fourth-order valence-electron chi connectivity index (χ4n) is 2.98. The average molecular weight is 487 g/mol. The monoisotopic (exact) mass is 485 g/mol. The van der Waals surface area contributed by atoms with Crippen LogP contribution in [-0.4, -0.2) is 25.5 Å². The number of nitrogens with one attached hydrogen (secondary N) is 1. The lowest BCUT2D eigenvalue weighted by molar-refractivity contribution is 0.0983. The zero-order valence-electron chi connectivity index (χ0n) is 16.2. The van der Waals surface area contributed by atoms with E-state index in [1.807, 2.05) is 24.3 Å². The summed E-state index contributed by atoms with van der Waals surface area (Å²) >= 11 is 9.38. The number of H-pyrrole nitrogens is 1. The minimum Gasteiger partial charge on any atom is -0.272 e. The molecule has 0 aliphatic rings. The van der Waals surface area contributed by atoms with Crippen LogP contribution in [-0.2, 0) is 6.54 Å². The van der Waals surface area contributed by atoms with Gasteiger partial charge in [-0.1, -0.05) is 39.7 Å². The van der Waals surface area contributed by atoms with E-state index in [0.29, 0.717) is 21.8 Å². The van der Waals surface area contributed by atoms with E-state index < -0.39 is 0 Å². The molecule has 152 valence electrons. The van der Waals surface area contributed by atoms with Crippen LogP contribution in [0.1, 0.15) is 27.2 Å². The Morgan fingerprint density at radius 3 is 2.43 bits per heavy atom. The lowest BCUT2D eigenvalue weighted by Crippen LogP contribution is -2.31. The van der Waals surface area contributed by atoms with Crippen molar-refractivity contribution >= 4 is 45.2 Å². The molecule has 0 unspecified atom stereocenters. The molecule has 1 N–H and O–H groups in total.